The zero-order chi connectivity index (χ0) is 15.6. The largest absolute Gasteiger partial charge is 0.327 e. The molecule has 0 saturated carbocycles. The monoisotopic (exact) mass is 294 g/mol. The van der Waals surface area contributed by atoms with Gasteiger partial charge in [-0.05, 0) is 28.8 Å². The fraction of sp³-hybridized carbons (Fsp3) is 0.333. The summed E-state index contributed by atoms with van der Waals surface area (Å²) in [6.07, 6.45) is 1.22. The highest BCUT2D eigenvalue weighted by molar-refractivity contribution is 6.07. The molecule has 0 radical (unpaired) electrons. The Morgan fingerprint density at radius 1 is 0.955 bits per heavy atom. The van der Waals surface area contributed by atoms with Gasteiger partial charge in [-0.3, -0.25) is 9.69 Å². The van der Waals surface area contributed by atoms with Crippen molar-refractivity contribution in [1.82, 2.24) is 9.80 Å². The molecular weight excluding hydrogens is 276 g/mol. The summed E-state index contributed by atoms with van der Waals surface area (Å²) >= 11 is 0. The molecule has 1 aliphatic heterocycles. The lowest BCUT2D eigenvalue weighted by molar-refractivity contribution is -0.131. The van der Waals surface area contributed by atoms with Crippen LogP contribution in [0, 0.1) is 6.92 Å². The van der Waals surface area contributed by atoms with Gasteiger partial charge in [0.2, 0.25) is 0 Å². The minimum atomic E-state index is -0.722. The Bertz CT molecular complexity index is 842. The lowest BCUT2D eigenvalue weighted by Gasteiger charge is -2.27. The van der Waals surface area contributed by atoms with Crippen molar-refractivity contribution in [2.45, 2.75) is 25.3 Å². The quantitative estimate of drug-likeness (QED) is 0.701. The molecule has 4 heteroatoms. The van der Waals surface area contributed by atoms with E-state index in [0.29, 0.717) is 12.8 Å². The third kappa shape index (κ3) is 1.52. The van der Waals surface area contributed by atoms with Crippen LogP contribution in [0.2, 0.25) is 0 Å². The van der Waals surface area contributed by atoms with Gasteiger partial charge in [0.1, 0.15) is 5.54 Å². The summed E-state index contributed by atoms with van der Waals surface area (Å²) < 4.78 is 0. The van der Waals surface area contributed by atoms with Gasteiger partial charge in [0.15, 0.2) is 0 Å². The van der Waals surface area contributed by atoms with E-state index in [1.54, 1.807) is 19.0 Å². The van der Waals surface area contributed by atoms with Crippen molar-refractivity contribution in [2.75, 3.05) is 14.1 Å². The Morgan fingerprint density at radius 2 is 1.59 bits per heavy atom. The minimum absolute atomic E-state index is 0.0866. The summed E-state index contributed by atoms with van der Waals surface area (Å²) in [6, 6.07) is 10.5. The van der Waals surface area contributed by atoms with Crippen LogP contribution in [-0.4, -0.2) is 41.4 Å². The number of rotatable bonds is 0. The standard InChI is InChI=1S/C18H18N2O2/c1-11-4-5-12-7-14-9-18(10-15(14)8-13(12)6-11)16(21)19(2)17(22)20(18)3/h4-8H,9-10H2,1-3H3. The summed E-state index contributed by atoms with van der Waals surface area (Å²) in [4.78, 5) is 27.6. The maximum atomic E-state index is 12.6. The molecule has 1 saturated heterocycles. The van der Waals surface area contributed by atoms with Crippen LogP contribution in [0.1, 0.15) is 16.7 Å². The normalized spacial score (nSPS) is 24.0. The van der Waals surface area contributed by atoms with Crippen LogP contribution in [-0.2, 0) is 17.6 Å². The van der Waals surface area contributed by atoms with E-state index in [2.05, 4.69) is 37.3 Å². The van der Waals surface area contributed by atoms with E-state index in [4.69, 9.17) is 0 Å². The van der Waals surface area contributed by atoms with Crippen LogP contribution in [0.4, 0.5) is 4.79 Å². The first-order valence-electron chi connectivity index (χ1n) is 7.50. The molecule has 1 heterocycles. The number of benzene rings is 2. The highest BCUT2D eigenvalue weighted by Crippen LogP contribution is 2.40. The topological polar surface area (TPSA) is 40.6 Å². The van der Waals surface area contributed by atoms with Crippen molar-refractivity contribution in [1.29, 1.82) is 0 Å². The van der Waals surface area contributed by atoms with E-state index in [0.717, 1.165) is 0 Å². The van der Waals surface area contributed by atoms with Crippen LogP contribution in [0.5, 0.6) is 0 Å². The highest BCUT2D eigenvalue weighted by atomic mass is 16.2. The fourth-order valence-corrected chi connectivity index (χ4v) is 3.87. The van der Waals surface area contributed by atoms with Crippen molar-refractivity contribution in [2.24, 2.45) is 0 Å². The van der Waals surface area contributed by atoms with Gasteiger partial charge in [-0.25, -0.2) is 4.79 Å². The first-order valence-corrected chi connectivity index (χ1v) is 7.50. The number of hydrogen-bond acceptors (Lipinski definition) is 2. The van der Waals surface area contributed by atoms with Gasteiger partial charge >= 0.3 is 6.03 Å². The molecule has 1 aliphatic carbocycles. The minimum Gasteiger partial charge on any atom is -0.312 e. The fourth-order valence-electron chi connectivity index (χ4n) is 3.87. The van der Waals surface area contributed by atoms with Gasteiger partial charge in [-0.15, -0.1) is 0 Å². The number of aryl methyl sites for hydroxylation is 1. The van der Waals surface area contributed by atoms with Crippen LogP contribution in [0.25, 0.3) is 10.8 Å². The molecule has 1 fully saturated rings. The summed E-state index contributed by atoms with van der Waals surface area (Å²) in [5.41, 5.74) is 2.87. The Labute approximate surface area is 129 Å². The SMILES string of the molecule is Cc1ccc2cc3c(cc2c1)CC1(C3)C(=O)N(C)C(=O)N1C. The van der Waals surface area contributed by atoms with Crippen molar-refractivity contribution in [3.63, 3.8) is 0 Å². The lowest BCUT2D eigenvalue weighted by Crippen LogP contribution is -2.48. The Kier molecular flexibility index (Phi) is 2.48. The molecule has 22 heavy (non-hydrogen) atoms. The molecule has 1 spiro atoms. The number of urea groups is 1. The number of imide groups is 1. The highest BCUT2D eigenvalue weighted by Gasteiger charge is 2.56. The first kappa shape index (κ1) is 13.3. The second-order valence-corrected chi connectivity index (χ2v) is 6.56. The maximum Gasteiger partial charge on any atom is 0.327 e. The van der Waals surface area contributed by atoms with Crippen molar-refractivity contribution < 1.29 is 9.59 Å². The Morgan fingerprint density at radius 3 is 2.18 bits per heavy atom. The van der Waals surface area contributed by atoms with E-state index in [1.807, 2.05) is 0 Å². The van der Waals surface area contributed by atoms with Crippen molar-refractivity contribution >= 4 is 22.7 Å². The predicted octanol–water partition coefficient (Wildman–Crippen LogP) is 2.51. The Hall–Kier alpha value is -2.36. The van der Waals surface area contributed by atoms with E-state index >= 15 is 0 Å². The summed E-state index contributed by atoms with van der Waals surface area (Å²) in [6.45, 7) is 2.08. The number of nitrogens with zero attached hydrogens (tertiary/aromatic N) is 2. The van der Waals surface area contributed by atoms with E-state index < -0.39 is 5.54 Å². The van der Waals surface area contributed by atoms with E-state index in [-0.39, 0.29) is 11.9 Å². The maximum absolute atomic E-state index is 12.6. The van der Waals surface area contributed by atoms with Gasteiger partial charge < -0.3 is 4.90 Å². The second kappa shape index (κ2) is 4.09. The van der Waals surface area contributed by atoms with E-state index in [1.165, 1.54) is 32.4 Å². The molecule has 2 aromatic rings. The van der Waals surface area contributed by atoms with Gasteiger partial charge in [0, 0.05) is 26.9 Å². The number of carbonyl (C=O) groups excluding carboxylic acids is 2. The summed E-state index contributed by atoms with van der Waals surface area (Å²) in [7, 11) is 3.30. The third-order valence-corrected chi connectivity index (χ3v) is 5.20. The number of likely N-dealkylation sites (N-methyl/N-ethyl adjacent to an activating group) is 2. The van der Waals surface area contributed by atoms with E-state index in [9.17, 15) is 9.59 Å². The molecule has 3 amide bonds. The molecule has 0 aromatic heterocycles. The summed E-state index contributed by atoms with van der Waals surface area (Å²) in [5.74, 6) is -0.0866. The predicted molar refractivity (Wildman–Crippen MR) is 84.8 cm³/mol. The van der Waals surface area contributed by atoms with Crippen LogP contribution in [0.3, 0.4) is 0 Å². The number of carbonyl (C=O) groups is 2. The molecular formula is C18H18N2O2. The molecule has 0 bridgehead atoms. The smallest absolute Gasteiger partial charge is 0.312 e. The van der Waals surface area contributed by atoms with Crippen LogP contribution >= 0.6 is 0 Å². The summed E-state index contributed by atoms with van der Waals surface area (Å²) in [5, 5.41) is 2.39. The van der Waals surface area contributed by atoms with Crippen LogP contribution < -0.4 is 0 Å². The molecule has 0 N–H and O–H groups in total. The third-order valence-electron chi connectivity index (χ3n) is 5.20. The Balaban J connectivity index is 1.85. The van der Waals surface area contributed by atoms with Gasteiger partial charge in [-0.1, -0.05) is 35.9 Å². The number of fused-ring (bicyclic) bond motifs is 2. The zero-order valence-electron chi connectivity index (χ0n) is 13.0. The molecule has 4 nitrogen and oxygen atoms in total. The first-order chi connectivity index (χ1) is 10.4. The van der Waals surface area contributed by atoms with Gasteiger partial charge in [-0.2, -0.15) is 0 Å². The van der Waals surface area contributed by atoms with Crippen molar-refractivity contribution in [3.8, 4) is 0 Å². The molecule has 1 atom stereocenters. The van der Waals surface area contributed by atoms with Crippen molar-refractivity contribution in [3.05, 3.63) is 47.0 Å². The number of hydrogen-bond donors (Lipinski definition) is 0. The van der Waals surface area contributed by atoms with Gasteiger partial charge in [0.25, 0.3) is 5.91 Å². The average molecular weight is 294 g/mol. The van der Waals surface area contributed by atoms with Crippen LogP contribution in [0.15, 0.2) is 30.3 Å². The second-order valence-electron chi connectivity index (χ2n) is 6.56. The molecule has 112 valence electrons. The molecule has 4 rings (SSSR count). The zero-order valence-corrected chi connectivity index (χ0v) is 13.0. The lowest BCUT2D eigenvalue weighted by atomic mass is 9.94. The molecule has 2 aliphatic rings. The van der Waals surface area contributed by atoms with Gasteiger partial charge in [0.05, 0.1) is 0 Å². The molecule has 2 aromatic carbocycles. The molecule has 1 unspecified atom stereocenters. The average Bonchev–Trinajstić information content (AvgIpc) is 2.94. The number of amides is 3.